The number of non-ortho nitro benzene ring substituents is 1. The van der Waals surface area contributed by atoms with Gasteiger partial charge in [-0.05, 0) is 0 Å². The van der Waals surface area contributed by atoms with Crippen molar-refractivity contribution in [2.75, 3.05) is 12.8 Å². The van der Waals surface area contributed by atoms with Crippen molar-refractivity contribution in [2.45, 2.75) is 0 Å². The summed E-state index contributed by atoms with van der Waals surface area (Å²) < 4.78 is 5.22. The van der Waals surface area contributed by atoms with E-state index in [9.17, 15) is 34.9 Å². The highest BCUT2D eigenvalue weighted by Crippen LogP contribution is 2.35. The van der Waals surface area contributed by atoms with Gasteiger partial charge in [0.05, 0.1) is 39.8 Å². The monoisotopic (exact) mass is 375 g/mol. The SMILES string of the molecule is COC(=O)c1c(N)c(C#N)cn1-c1c(C(=O)O)cc([N+](=O)[O-])cc1[N+](=O)[O-]. The predicted octanol–water partition coefficient (Wildman–Crippen LogP) is 1.23. The molecule has 0 atom stereocenters. The molecule has 0 aliphatic heterocycles. The highest BCUT2D eigenvalue weighted by atomic mass is 16.6. The molecule has 3 N–H and O–H groups in total. The van der Waals surface area contributed by atoms with Gasteiger partial charge in [-0.3, -0.25) is 20.2 Å². The number of methoxy groups -OCH3 is 1. The summed E-state index contributed by atoms with van der Waals surface area (Å²) in [6.07, 6.45) is 0.905. The number of carbonyl (C=O) groups excluding carboxylic acids is 1. The van der Waals surface area contributed by atoms with E-state index in [0.717, 1.165) is 13.3 Å². The van der Waals surface area contributed by atoms with Crippen LogP contribution in [-0.4, -0.2) is 38.6 Å². The maximum atomic E-state index is 12.0. The first-order valence-corrected chi connectivity index (χ1v) is 6.83. The summed E-state index contributed by atoms with van der Waals surface area (Å²) in [6.45, 7) is 0. The second kappa shape index (κ2) is 6.80. The van der Waals surface area contributed by atoms with Crippen LogP contribution < -0.4 is 5.73 Å². The highest BCUT2D eigenvalue weighted by Gasteiger charge is 2.32. The lowest BCUT2D eigenvalue weighted by Gasteiger charge is -2.11. The summed E-state index contributed by atoms with van der Waals surface area (Å²) >= 11 is 0. The Labute approximate surface area is 149 Å². The molecule has 0 saturated carbocycles. The van der Waals surface area contributed by atoms with E-state index in [1.807, 2.05) is 0 Å². The van der Waals surface area contributed by atoms with Crippen LogP contribution in [0.2, 0.25) is 0 Å². The van der Waals surface area contributed by atoms with E-state index in [1.165, 1.54) is 0 Å². The van der Waals surface area contributed by atoms with Crippen LogP contribution >= 0.6 is 0 Å². The van der Waals surface area contributed by atoms with Gasteiger partial charge in [-0.1, -0.05) is 0 Å². The molecular weight excluding hydrogens is 366 g/mol. The molecule has 1 aromatic carbocycles. The Morgan fingerprint density at radius 2 is 1.93 bits per heavy atom. The Balaban J connectivity index is 3.05. The van der Waals surface area contributed by atoms with E-state index in [4.69, 9.17) is 11.0 Å². The average molecular weight is 375 g/mol. The van der Waals surface area contributed by atoms with Crippen LogP contribution in [0.3, 0.4) is 0 Å². The number of nitrogens with zero attached hydrogens (tertiary/aromatic N) is 4. The van der Waals surface area contributed by atoms with Crippen molar-refractivity contribution >= 4 is 29.0 Å². The average Bonchev–Trinajstić information content (AvgIpc) is 2.95. The molecule has 1 aromatic heterocycles. The number of nitrogen functional groups attached to an aromatic ring is 1. The molecule has 0 spiro atoms. The minimum Gasteiger partial charge on any atom is -0.478 e. The van der Waals surface area contributed by atoms with Crippen molar-refractivity contribution in [3.63, 3.8) is 0 Å². The molecule has 1 heterocycles. The zero-order valence-electron chi connectivity index (χ0n) is 13.4. The van der Waals surface area contributed by atoms with E-state index >= 15 is 0 Å². The molecule has 2 aromatic rings. The lowest BCUT2D eigenvalue weighted by Crippen LogP contribution is -2.15. The van der Waals surface area contributed by atoms with Crippen molar-refractivity contribution < 1.29 is 29.3 Å². The topological polar surface area (TPSA) is 205 Å². The summed E-state index contributed by atoms with van der Waals surface area (Å²) in [6, 6.07) is 2.78. The fourth-order valence-corrected chi connectivity index (χ4v) is 2.36. The molecule has 0 radical (unpaired) electrons. The standard InChI is InChI=1S/C14H9N5O8/c1-27-14(22)12-10(16)6(4-15)5-17(12)11-8(13(20)21)2-7(18(23)24)3-9(11)19(25)26/h2-3,5H,16H2,1H3,(H,20,21). The molecule has 0 unspecified atom stereocenters. The van der Waals surface area contributed by atoms with Gasteiger partial charge in [0.25, 0.3) is 5.69 Å². The van der Waals surface area contributed by atoms with Gasteiger partial charge in [0.2, 0.25) is 0 Å². The first kappa shape index (κ1) is 18.9. The van der Waals surface area contributed by atoms with Gasteiger partial charge < -0.3 is 20.1 Å². The highest BCUT2D eigenvalue weighted by molar-refractivity contribution is 5.99. The van der Waals surface area contributed by atoms with E-state index in [0.29, 0.717) is 16.7 Å². The Bertz CT molecular complexity index is 1010. The normalized spacial score (nSPS) is 10.1. The molecule has 0 aliphatic rings. The third-order valence-electron chi connectivity index (χ3n) is 3.50. The van der Waals surface area contributed by atoms with Crippen LogP contribution in [0.4, 0.5) is 17.1 Å². The number of aromatic nitrogens is 1. The molecule has 13 nitrogen and oxygen atoms in total. The van der Waals surface area contributed by atoms with Crippen LogP contribution in [0.15, 0.2) is 18.3 Å². The minimum absolute atomic E-state index is 0.278. The maximum Gasteiger partial charge on any atom is 0.357 e. The van der Waals surface area contributed by atoms with Gasteiger partial charge in [-0.2, -0.15) is 5.26 Å². The molecular formula is C14H9N5O8. The lowest BCUT2D eigenvalue weighted by molar-refractivity contribution is -0.394. The largest absolute Gasteiger partial charge is 0.478 e. The Kier molecular flexibility index (Phi) is 4.75. The summed E-state index contributed by atoms with van der Waals surface area (Å²) in [5.74, 6) is -2.84. The lowest BCUT2D eigenvalue weighted by atomic mass is 10.1. The molecule has 13 heteroatoms. The quantitative estimate of drug-likeness (QED) is 0.434. The van der Waals surface area contributed by atoms with Crippen molar-refractivity contribution in [1.29, 1.82) is 5.26 Å². The summed E-state index contributed by atoms with van der Waals surface area (Å²) in [5.41, 5.74) is 1.12. The van der Waals surface area contributed by atoms with E-state index in [2.05, 4.69) is 4.74 Å². The van der Waals surface area contributed by atoms with E-state index in [-0.39, 0.29) is 5.56 Å². The van der Waals surface area contributed by atoms with E-state index < -0.39 is 55.8 Å². The number of hydrogen-bond acceptors (Lipinski definition) is 9. The Hall–Kier alpha value is -4.47. The number of anilines is 1. The first-order valence-electron chi connectivity index (χ1n) is 6.83. The second-order valence-electron chi connectivity index (χ2n) is 4.96. The molecule has 2 rings (SSSR count). The number of nitriles is 1. The van der Waals surface area contributed by atoms with Gasteiger partial charge in [-0.15, -0.1) is 0 Å². The van der Waals surface area contributed by atoms with Crippen molar-refractivity contribution in [3.8, 4) is 11.8 Å². The third-order valence-corrected chi connectivity index (χ3v) is 3.50. The van der Waals surface area contributed by atoms with Crippen LogP contribution in [0.25, 0.3) is 5.69 Å². The zero-order valence-corrected chi connectivity index (χ0v) is 13.4. The molecule has 0 fully saturated rings. The number of carboxylic acid groups (broad SMARTS) is 1. The van der Waals surface area contributed by atoms with Gasteiger partial charge in [0, 0.05) is 12.3 Å². The summed E-state index contributed by atoms with van der Waals surface area (Å²) in [7, 11) is 0.980. The number of hydrogen-bond donors (Lipinski definition) is 2. The number of rotatable bonds is 5. The number of carbonyl (C=O) groups is 2. The van der Waals surface area contributed by atoms with Gasteiger partial charge in [-0.25, -0.2) is 9.59 Å². The number of ether oxygens (including phenoxy) is 1. The molecule has 0 amide bonds. The van der Waals surface area contributed by atoms with Crippen LogP contribution in [0, 0.1) is 31.6 Å². The fourth-order valence-electron chi connectivity index (χ4n) is 2.36. The number of benzene rings is 1. The maximum absolute atomic E-state index is 12.0. The number of nitrogens with two attached hydrogens (primary N) is 1. The van der Waals surface area contributed by atoms with Crippen molar-refractivity contribution in [3.05, 3.63) is 55.4 Å². The summed E-state index contributed by atoms with van der Waals surface area (Å²) in [4.78, 5) is 44.0. The molecule has 0 bridgehead atoms. The minimum atomic E-state index is -1.74. The molecule has 27 heavy (non-hydrogen) atoms. The number of nitro groups is 2. The first-order chi connectivity index (χ1) is 12.6. The third kappa shape index (κ3) is 3.09. The number of esters is 1. The van der Waals surface area contributed by atoms with Gasteiger partial charge in [0.15, 0.2) is 5.69 Å². The molecule has 0 aliphatic carbocycles. The fraction of sp³-hybridized carbons (Fsp3) is 0.0714. The van der Waals surface area contributed by atoms with Crippen LogP contribution in [0.5, 0.6) is 0 Å². The molecule has 138 valence electrons. The summed E-state index contributed by atoms with van der Waals surface area (Å²) in [5, 5.41) is 40.9. The smallest absolute Gasteiger partial charge is 0.357 e. The number of nitro benzene ring substituents is 2. The molecule has 0 saturated heterocycles. The Morgan fingerprint density at radius 3 is 2.37 bits per heavy atom. The number of carboxylic acids is 1. The van der Waals surface area contributed by atoms with E-state index in [1.54, 1.807) is 6.07 Å². The van der Waals surface area contributed by atoms with Crippen LogP contribution in [-0.2, 0) is 4.74 Å². The second-order valence-corrected chi connectivity index (χ2v) is 4.96. The van der Waals surface area contributed by atoms with Crippen molar-refractivity contribution in [1.82, 2.24) is 4.57 Å². The van der Waals surface area contributed by atoms with Gasteiger partial charge in [0.1, 0.15) is 11.8 Å². The van der Waals surface area contributed by atoms with Gasteiger partial charge >= 0.3 is 17.6 Å². The zero-order chi connectivity index (χ0) is 20.5. The van der Waals surface area contributed by atoms with Crippen LogP contribution in [0.1, 0.15) is 26.4 Å². The predicted molar refractivity (Wildman–Crippen MR) is 86.5 cm³/mol. The number of aromatic carboxylic acids is 1. The van der Waals surface area contributed by atoms with Crippen molar-refractivity contribution in [2.24, 2.45) is 0 Å². The Morgan fingerprint density at radius 1 is 1.30 bits per heavy atom.